The van der Waals surface area contributed by atoms with Crippen LogP contribution in [-0.4, -0.2) is 51.0 Å². The first-order chi connectivity index (χ1) is 17.5. The van der Waals surface area contributed by atoms with E-state index in [1.165, 1.54) is 10.9 Å². The molecule has 2 heterocycles. The zero-order valence-electron chi connectivity index (χ0n) is 19.1. The molecule has 14 heteroatoms. The standard InChI is InChI=1S/C23H19ClF4N6O3/c1-34-32-19(31-33-34)18-14(7-12(24)8-16(18)25)11-2-4-13-10(6-11)3-5-17(13)29-20(35)15-9-37-21(15)30-22(36)23(26,27)28/h2,4,6-8,15,17,21H,3,5,9H2,1H3,(H,29,35)(H,30,36)/t15?,17?,21-/m0/s1. The van der Waals surface area contributed by atoms with Gasteiger partial charge in [-0.1, -0.05) is 29.8 Å². The van der Waals surface area contributed by atoms with Gasteiger partial charge in [0.05, 0.1) is 25.3 Å². The number of hydrogen-bond acceptors (Lipinski definition) is 6. The number of rotatable bonds is 5. The summed E-state index contributed by atoms with van der Waals surface area (Å²) in [5, 5.41) is 16.5. The lowest BCUT2D eigenvalue weighted by Gasteiger charge is -2.36. The molecule has 9 nitrogen and oxygen atoms in total. The molecule has 2 amide bonds. The molecule has 2 N–H and O–H groups in total. The number of aryl methyl sites for hydroxylation is 2. The van der Waals surface area contributed by atoms with Crippen LogP contribution in [0.1, 0.15) is 23.6 Å². The third-order valence-electron chi connectivity index (χ3n) is 6.32. The molecule has 0 bridgehead atoms. The molecule has 1 aliphatic carbocycles. The highest BCUT2D eigenvalue weighted by Gasteiger charge is 2.46. The van der Waals surface area contributed by atoms with E-state index >= 15 is 0 Å². The molecule has 3 atom stereocenters. The van der Waals surface area contributed by atoms with Crippen molar-refractivity contribution in [3.8, 4) is 22.5 Å². The van der Waals surface area contributed by atoms with Crippen molar-refractivity contribution in [2.24, 2.45) is 13.0 Å². The van der Waals surface area contributed by atoms with Crippen LogP contribution in [0.2, 0.25) is 5.02 Å². The summed E-state index contributed by atoms with van der Waals surface area (Å²) >= 11 is 6.13. The number of nitrogens with one attached hydrogen (secondary N) is 2. The van der Waals surface area contributed by atoms with Crippen molar-refractivity contribution in [3.63, 3.8) is 0 Å². The molecule has 5 rings (SSSR count). The topological polar surface area (TPSA) is 111 Å². The van der Waals surface area contributed by atoms with Gasteiger partial charge in [-0.2, -0.15) is 18.0 Å². The fourth-order valence-corrected chi connectivity index (χ4v) is 4.69. The Morgan fingerprint density at radius 1 is 1.19 bits per heavy atom. The Kier molecular flexibility index (Phi) is 6.36. The van der Waals surface area contributed by atoms with E-state index in [2.05, 4.69) is 20.7 Å². The number of hydrogen-bond donors (Lipinski definition) is 2. The maximum absolute atomic E-state index is 14.9. The average molecular weight is 539 g/mol. The van der Waals surface area contributed by atoms with Crippen molar-refractivity contribution in [2.75, 3.05) is 6.61 Å². The number of carbonyl (C=O) groups is 2. The Morgan fingerprint density at radius 2 is 1.97 bits per heavy atom. The lowest BCUT2D eigenvalue weighted by Crippen LogP contribution is -2.59. The normalized spacial score (nSPS) is 20.8. The van der Waals surface area contributed by atoms with Crippen molar-refractivity contribution in [1.82, 2.24) is 30.8 Å². The Hall–Kier alpha value is -3.58. The van der Waals surface area contributed by atoms with Crippen LogP contribution < -0.4 is 10.6 Å². The van der Waals surface area contributed by atoms with E-state index in [0.29, 0.717) is 24.0 Å². The summed E-state index contributed by atoms with van der Waals surface area (Å²) in [6.07, 6.45) is -5.26. The minimum Gasteiger partial charge on any atom is -0.357 e. The summed E-state index contributed by atoms with van der Waals surface area (Å²) in [5.41, 5.74) is 3.03. The fourth-order valence-electron chi connectivity index (χ4n) is 4.48. The van der Waals surface area contributed by atoms with Crippen LogP contribution in [0.15, 0.2) is 30.3 Å². The zero-order valence-corrected chi connectivity index (χ0v) is 19.9. The van der Waals surface area contributed by atoms with Gasteiger partial charge in [-0.3, -0.25) is 9.59 Å². The number of benzene rings is 2. The maximum atomic E-state index is 14.9. The van der Waals surface area contributed by atoms with Gasteiger partial charge in [0, 0.05) is 5.02 Å². The predicted octanol–water partition coefficient (Wildman–Crippen LogP) is 3.09. The van der Waals surface area contributed by atoms with Gasteiger partial charge in [0.1, 0.15) is 18.0 Å². The van der Waals surface area contributed by atoms with Gasteiger partial charge in [0.2, 0.25) is 11.7 Å². The SMILES string of the molecule is Cn1nnc(-c2c(F)cc(Cl)cc2-c2ccc3c(c2)CCC3NC(=O)C2CO[C@@H]2NC(=O)C(F)(F)F)n1. The average Bonchev–Trinajstić information content (AvgIpc) is 3.40. The van der Waals surface area contributed by atoms with Gasteiger partial charge >= 0.3 is 12.1 Å². The summed E-state index contributed by atoms with van der Waals surface area (Å²) in [6.45, 7) is -0.104. The van der Waals surface area contributed by atoms with Crippen LogP contribution in [0.3, 0.4) is 0 Å². The van der Waals surface area contributed by atoms with E-state index < -0.39 is 36.0 Å². The highest BCUT2D eigenvalue weighted by Crippen LogP contribution is 2.39. The molecule has 0 radical (unpaired) electrons. The van der Waals surface area contributed by atoms with Gasteiger partial charge in [0.15, 0.2) is 0 Å². The van der Waals surface area contributed by atoms with Crippen LogP contribution in [0, 0.1) is 11.7 Å². The first kappa shape index (κ1) is 25.1. The largest absolute Gasteiger partial charge is 0.471 e. The molecule has 1 saturated heterocycles. The first-order valence-corrected chi connectivity index (χ1v) is 11.6. The minimum atomic E-state index is -5.07. The molecular formula is C23H19ClF4N6O3. The van der Waals surface area contributed by atoms with Crippen molar-refractivity contribution < 1.29 is 31.9 Å². The van der Waals surface area contributed by atoms with Crippen molar-refractivity contribution >= 4 is 23.4 Å². The van der Waals surface area contributed by atoms with Crippen LogP contribution in [-0.2, 0) is 27.8 Å². The summed E-state index contributed by atoms with van der Waals surface area (Å²) in [6, 6.07) is 7.82. The summed E-state index contributed by atoms with van der Waals surface area (Å²) in [5.74, 6) is -4.12. The minimum absolute atomic E-state index is 0.104. The van der Waals surface area contributed by atoms with Crippen LogP contribution in [0.4, 0.5) is 17.6 Å². The van der Waals surface area contributed by atoms with Gasteiger partial charge in [-0.25, -0.2) is 4.39 Å². The van der Waals surface area contributed by atoms with Crippen LogP contribution >= 0.6 is 11.6 Å². The lowest BCUT2D eigenvalue weighted by molar-refractivity contribution is -0.191. The molecule has 3 aromatic rings. The number of ether oxygens (including phenoxy) is 1. The number of tetrazole rings is 1. The second-order valence-electron chi connectivity index (χ2n) is 8.76. The Balaban J connectivity index is 1.35. The smallest absolute Gasteiger partial charge is 0.357 e. The summed E-state index contributed by atoms with van der Waals surface area (Å²) < 4.78 is 57.4. The third-order valence-corrected chi connectivity index (χ3v) is 6.54. The summed E-state index contributed by atoms with van der Waals surface area (Å²) in [4.78, 5) is 25.1. The van der Waals surface area contributed by atoms with E-state index in [4.69, 9.17) is 16.3 Å². The zero-order chi connectivity index (χ0) is 26.5. The fraction of sp³-hybridized carbons (Fsp3) is 0.348. The molecule has 1 aliphatic heterocycles. The Morgan fingerprint density at radius 3 is 2.62 bits per heavy atom. The molecule has 1 aromatic heterocycles. The number of nitrogens with zero attached hydrogens (tertiary/aromatic N) is 4. The molecule has 2 unspecified atom stereocenters. The number of aromatic nitrogens is 4. The van der Waals surface area contributed by atoms with E-state index in [9.17, 15) is 27.2 Å². The maximum Gasteiger partial charge on any atom is 0.471 e. The van der Waals surface area contributed by atoms with E-state index in [1.54, 1.807) is 30.6 Å². The van der Waals surface area contributed by atoms with Crippen molar-refractivity contribution in [1.29, 1.82) is 0 Å². The summed E-state index contributed by atoms with van der Waals surface area (Å²) in [7, 11) is 1.57. The van der Waals surface area contributed by atoms with Crippen LogP contribution in [0.5, 0.6) is 0 Å². The van der Waals surface area contributed by atoms with E-state index in [1.807, 2.05) is 6.07 Å². The highest BCUT2D eigenvalue weighted by atomic mass is 35.5. The number of halogens is 5. The lowest BCUT2D eigenvalue weighted by atomic mass is 9.95. The predicted molar refractivity (Wildman–Crippen MR) is 121 cm³/mol. The third kappa shape index (κ3) is 4.88. The quantitative estimate of drug-likeness (QED) is 0.483. The molecule has 37 heavy (non-hydrogen) atoms. The molecule has 194 valence electrons. The Labute approximate surface area is 212 Å². The molecule has 1 fully saturated rings. The number of amides is 2. The molecule has 2 aliphatic rings. The van der Waals surface area contributed by atoms with E-state index in [0.717, 1.165) is 11.1 Å². The van der Waals surface area contributed by atoms with Gasteiger partial charge in [-0.15, -0.1) is 10.2 Å². The molecule has 0 spiro atoms. The van der Waals surface area contributed by atoms with Crippen molar-refractivity contribution in [3.05, 3.63) is 52.3 Å². The molecule has 0 saturated carbocycles. The molecular weight excluding hydrogens is 520 g/mol. The van der Waals surface area contributed by atoms with Crippen molar-refractivity contribution in [2.45, 2.75) is 31.3 Å². The van der Waals surface area contributed by atoms with Gasteiger partial charge in [0.25, 0.3) is 0 Å². The van der Waals surface area contributed by atoms with Crippen LogP contribution in [0.25, 0.3) is 22.5 Å². The van der Waals surface area contributed by atoms with E-state index in [-0.39, 0.29) is 29.1 Å². The molecule has 2 aromatic carbocycles. The number of alkyl halides is 3. The Bertz CT molecular complexity index is 1400. The first-order valence-electron chi connectivity index (χ1n) is 11.2. The second kappa shape index (κ2) is 9.38. The highest BCUT2D eigenvalue weighted by molar-refractivity contribution is 6.31. The number of carbonyl (C=O) groups excluding carboxylic acids is 2. The number of fused-ring (bicyclic) bond motifs is 1. The monoisotopic (exact) mass is 538 g/mol. The van der Waals surface area contributed by atoms with Gasteiger partial charge in [-0.05, 0) is 52.4 Å². The van der Waals surface area contributed by atoms with Gasteiger partial charge < -0.3 is 15.4 Å². The second-order valence-corrected chi connectivity index (χ2v) is 9.19.